The summed E-state index contributed by atoms with van der Waals surface area (Å²) >= 11 is 0. The third-order valence-electron chi connectivity index (χ3n) is 6.56. The zero-order valence-electron chi connectivity index (χ0n) is 20.3. The Morgan fingerprint density at radius 2 is 1.47 bits per heavy atom. The molecule has 0 spiro atoms. The predicted octanol–water partition coefficient (Wildman–Crippen LogP) is 5.53. The van der Waals surface area contributed by atoms with E-state index in [0.29, 0.717) is 24.0 Å². The van der Waals surface area contributed by atoms with Gasteiger partial charge in [-0.15, -0.1) is 0 Å². The molecule has 0 aliphatic carbocycles. The van der Waals surface area contributed by atoms with Gasteiger partial charge in [0.15, 0.2) is 0 Å². The average molecular weight is 482 g/mol. The summed E-state index contributed by atoms with van der Waals surface area (Å²) in [6, 6.07) is 32.2. The molecule has 2 atom stereocenters. The molecule has 1 N–H and O–H groups in total. The fraction of sp³-hybridized carbons (Fsp3) is 0.258. The molecular weight excluding hydrogens is 450 g/mol. The van der Waals surface area contributed by atoms with Gasteiger partial charge in [0.1, 0.15) is 24.7 Å². The Hall–Kier alpha value is -3.67. The van der Waals surface area contributed by atoms with E-state index in [1.165, 1.54) is 21.9 Å². The molecule has 0 bridgehead atoms. The number of benzene rings is 4. The molecule has 0 radical (unpaired) electrons. The zero-order chi connectivity index (χ0) is 24.6. The van der Waals surface area contributed by atoms with Gasteiger partial charge in [-0.05, 0) is 65.2 Å². The Balaban J connectivity index is 1.14. The van der Waals surface area contributed by atoms with Crippen molar-refractivity contribution in [2.75, 3.05) is 26.3 Å². The lowest BCUT2D eigenvalue weighted by Gasteiger charge is -2.32. The fourth-order valence-electron chi connectivity index (χ4n) is 4.62. The summed E-state index contributed by atoms with van der Waals surface area (Å²) in [6.45, 7) is 2.35. The van der Waals surface area contributed by atoms with E-state index in [-0.39, 0.29) is 25.1 Å². The molecule has 1 aliphatic rings. The van der Waals surface area contributed by atoms with Crippen molar-refractivity contribution in [3.8, 4) is 11.5 Å². The van der Waals surface area contributed by atoms with Crippen molar-refractivity contribution in [1.82, 2.24) is 5.32 Å². The highest BCUT2D eigenvalue weighted by molar-refractivity contribution is 5.83. The maximum Gasteiger partial charge on any atom is 0.207 e. The number of rotatable bonds is 10. The van der Waals surface area contributed by atoms with Gasteiger partial charge in [0.05, 0.1) is 12.7 Å². The third-order valence-corrected chi connectivity index (χ3v) is 6.56. The van der Waals surface area contributed by atoms with E-state index < -0.39 is 0 Å². The van der Waals surface area contributed by atoms with E-state index in [1.54, 1.807) is 0 Å². The summed E-state index contributed by atoms with van der Waals surface area (Å²) in [5.41, 5.74) is 2.41. The Morgan fingerprint density at radius 3 is 2.25 bits per heavy atom. The van der Waals surface area contributed by atoms with Gasteiger partial charge in [-0.1, -0.05) is 66.7 Å². The number of nitrogens with one attached hydrogen (secondary N) is 1. The summed E-state index contributed by atoms with van der Waals surface area (Å²) in [5.74, 6) is 1.55. The summed E-state index contributed by atoms with van der Waals surface area (Å²) in [4.78, 5) is 12.1. The van der Waals surface area contributed by atoms with Gasteiger partial charge in [-0.25, -0.2) is 0 Å². The maximum atomic E-state index is 12.1. The molecule has 5 rings (SSSR count). The van der Waals surface area contributed by atoms with E-state index in [2.05, 4.69) is 59.9 Å². The standard InChI is InChI=1S/C31H31NO4/c33-27(21-34-28-8-2-1-3-9-28)22-35-29-14-12-25(13-15-29)30-16-17-32-19-31(30)36-20-23-10-11-24-6-4-5-7-26(24)18-23/h1-15,18,30-32H,16-17,19-22H2. The Morgan fingerprint density at radius 1 is 0.778 bits per heavy atom. The van der Waals surface area contributed by atoms with Gasteiger partial charge in [0.2, 0.25) is 5.78 Å². The molecule has 0 amide bonds. The topological polar surface area (TPSA) is 56.8 Å². The van der Waals surface area contributed by atoms with E-state index in [4.69, 9.17) is 14.2 Å². The number of Topliss-reactive ketones (excluding diaryl/α,β-unsaturated/α-hetero) is 1. The van der Waals surface area contributed by atoms with Gasteiger partial charge < -0.3 is 19.5 Å². The van der Waals surface area contributed by atoms with Gasteiger partial charge in [-0.3, -0.25) is 4.79 Å². The highest BCUT2D eigenvalue weighted by Gasteiger charge is 2.27. The lowest BCUT2D eigenvalue weighted by molar-refractivity contribution is -0.123. The van der Waals surface area contributed by atoms with E-state index in [9.17, 15) is 4.79 Å². The minimum Gasteiger partial charge on any atom is -0.486 e. The number of ether oxygens (including phenoxy) is 3. The second-order valence-corrected chi connectivity index (χ2v) is 9.13. The van der Waals surface area contributed by atoms with Crippen molar-refractivity contribution in [3.63, 3.8) is 0 Å². The van der Waals surface area contributed by atoms with Gasteiger partial charge in [-0.2, -0.15) is 0 Å². The smallest absolute Gasteiger partial charge is 0.207 e. The van der Waals surface area contributed by atoms with Crippen molar-refractivity contribution in [2.45, 2.75) is 25.0 Å². The predicted molar refractivity (Wildman–Crippen MR) is 142 cm³/mol. The number of ketones is 1. The SMILES string of the molecule is O=C(COc1ccccc1)COc1ccc(C2CCNCC2OCc2ccc3ccccc3c2)cc1. The van der Waals surface area contributed by atoms with Crippen LogP contribution in [0.5, 0.6) is 11.5 Å². The van der Waals surface area contributed by atoms with Crippen LogP contribution in [0, 0.1) is 0 Å². The summed E-state index contributed by atoms with van der Waals surface area (Å²) in [5, 5.41) is 5.95. The molecular formula is C31H31NO4. The molecule has 0 saturated carbocycles. The minimum absolute atomic E-state index is 0.00655. The first-order valence-corrected chi connectivity index (χ1v) is 12.5. The molecule has 184 valence electrons. The van der Waals surface area contributed by atoms with Gasteiger partial charge >= 0.3 is 0 Å². The molecule has 1 saturated heterocycles. The first-order valence-electron chi connectivity index (χ1n) is 12.5. The minimum atomic E-state index is -0.108. The molecule has 36 heavy (non-hydrogen) atoms. The molecule has 4 aromatic carbocycles. The van der Waals surface area contributed by atoms with Crippen LogP contribution in [0.25, 0.3) is 10.8 Å². The van der Waals surface area contributed by atoms with Crippen LogP contribution in [-0.4, -0.2) is 38.2 Å². The zero-order valence-corrected chi connectivity index (χ0v) is 20.3. The van der Waals surface area contributed by atoms with E-state index in [0.717, 1.165) is 19.5 Å². The van der Waals surface area contributed by atoms with Gasteiger partial charge in [0, 0.05) is 12.5 Å². The lowest BCUT2D eigenvalue weighted by Crippen LogP contribution is -2.40. The van der Waals surface area contributed by atoms with Crippen molar-refractivity contribution in [2.24, 2.45) is 0 Å². The Kier molecular flexibility index (Phi) is 7.91. The van der Waals surface area contributed by atoms with Crippen LogP contribution in [0.3, 0.4) is 0 Å². The van der Waals surface area contributed by atoms with E-state index in [1.807, 2.05) is 42.5 Å². The number of fused-ring (bicyclic) bond motifs is 1. The molecule has 2 unspecified atom stereocenters. The normalized spacial score (nSPS) is 17.6. The van der Waals surface area contributed by atoms with E-state index >= 15 is 0 Å². The van der Waals surface area contributed by atoms with Gasteiger partial charge in [0.25, 0.3) is 0 Å². The molecule has 4 aromatic rings. The summed E-state index contributed by atoms with van der Waals surface area (Å²) in [7, 11) is 0. The Bertz CT molecular complexity index is 1270. The number of para-hydroxylation sites is 1. The molecule has 1 aliphatic heterocycles. The molecule has 1 fully saturated rings. The Labute approximate surface area is 212 Å². The molecule has 0 aromatic heterocycles. The summed E-state index contributed by atoms with van der Waals surface area (Å²) < 4.78 is 17.6. The van der Waals surface area contributed by atoms with Crippen LogP contribution >= 0.6 is 0 Å². The van der Waals surface area contributed by atoms with Crippen molar-refractivity contribution in [3.05, 3.63) is 108 Å². The van der Waals surface area contributed by atoms with Crippen LogP contribution in [-0.2, 0) is 16.1 Å². The summed E-state index contributed by atoms with van der Waals surface area (Å²) in [6.07, 6.45) is 1.10. The monoisotopic (exact) mass is 481 g/mol. The van der Waals surface area contributed by atoms with Crippen LogP contribution in [0.2, 0.25) is 0 Å². The highest BCUT2D eigenvalue weighted by atomic mass is 16.5. The van der Waals surface area contributed by atoms with Crippen LogP contribution in [0.4, 0.5) is 0 Å². The van der Waals surface area contributed by atoms with Crippen molar-refractivity contribution in [1.29, 1.82) is 0 Å². The molecule has 5 nitrogen and oxygen atoms in total. The largest absolute Gasteiger partial charge is 0.486 e. The molecule has 1 heterocycles. The number of piperidine rings is 1. The second kappa shape index (κ2) is 11.8. The van der Waals surface area contributed by atoms with Crippen molar-refractivity contribution < 1.29 is 19.0 Å². The average Bonchev–Trinajstić information content (AvgIpc) is 2.95. The number of carbonyl (C=O) groups excluding carboxylic acids is 1. The van der Waals surface area contributed by atoms with Crippen LogP contribution in [0.1, 0.15) is 23.5 Å². The maximum absolute atomic E-state index is 12.1. The number of carbonyl (C=O) groups is 1. The number of hydrogen-bond acceptors (Lipinski definition) is 5. The third kappa shape index (κ3) is 6.30. The molecule has 5 heteroatoms. The second-order valence-electron chi connectivity index (χ2n) is 9.13. The number of hydrogen-bond donors (Lipinski definition) is 1. The fourth-order valence-corrected chi connectivity index (χ4v) is 4.62. The highest BCUT2D eigenvalue weighted by Crippen LogP contribution is 2.30. The first kappa shape index (κ1) is 24.0. The van der Waals surface area contributed by atoms with Crippen LogP contribution < -0.4 is 14.8 Å². The quantitative estimate of drug-likeness (QED) is 0.323. The van der Waals surface area contributed by atoms with Crippen LogP contribution in [0.15, 0.2) is 97.1 Å². The lowest BCUT2D eigenvalue weighted by atomic mass is 9.87. The van der Waals surface area contributed by atoms with Crippen molar-refractivity contribution >= 4 is 16.6 Å². The first-order chi connectivity index (χ1) is 17.7.